The standard InChI is InChI=1S/C6H6O2.CH2O3.Na/c7-5-1-2-6(8)4-3-5;2-1(3)4;/h1-4,7-8H;(H2,2,3,4);/q;;+1/p-1. The molecule has 0 saturated carbocycles. The molecular formula is C7H7NaO5. The van der Waals surface area contributed by atoms with Gasteiger partial charge in [-0.15, -0.1) is 0 Å². The molecule has 0 fully saturated rings. The molecule has 0 spiro atoms. The van der Waals surface area contributed by atoms with Gasteiger partial charge in [0.05, 0.1) is 0 Å². The Hall–Kier alpha value is -0.910. The second-order valence-corrected chi connectivity index (χ2v) is 1.78. The van der Waals surface area contributed by atoms with Crippen molar-refractivity contribution in [3.05, 3.63) is 24.3 Å². The van der Waals surface area contributed by atoms with Crippen molar-refractivity contribution in [2.45, 2.75) is 0 Å². The van der Waals surface area contributed by atoms with Crippen molar-refractivity contribution < 1.29 is 54.8 Å². The third kappa shape index (κ3) is 11.1. The van der Waals surface area contributed by atoms with Crippen LogP contribution in [0, 0.1) is 0 Å². The van der Waals surface area contributed by atoms with Gasteiger partial charge in [-0.05, 0) is 24.3 Å². The van der Waals surface area contributed by atoms with Gasteiger partial charge in [-0.1, -0.05) is 0 Å². The average Bonchev–Trinajstić information content (AvgIpc) is 1.94. The predicted molar refractivity (Wildman–Crippen MR) is 37.8 cm³/mol. The third-order valence-corrected chi connectivity index (χ3v) is 0.850. The fraction of sp³-hybridized carbons (Fsp3) is 0. The van der Waals surface area contributed by atoms with Crippen LogP contribution in [0.2, 0.25) is 0 Å². The molecule has 0 heterocycles. The zero-order valence-electron chi connectivity index (χ0n) is 6.97. The quantitative estimate of drug-likeness (QED) is 0.301. The Morgan fingerprint density at radius 1 is 1.08 bits per heavy atom. The summed E-state index contributed by atoms with van der Waals surface area (Å²) in [7, 11) is 0. The van der Waals surface area contributed by atoms with E-state index in [4.69, 9.17) is 25.2 Å². The maximum atomic E-state index is 8.65. The van der Waals surface area contributed by atoms with E-state index in [1.54, 1.807) is 0 Å². The molecule has 0 radical (unpaired) electrons. The summed E-state index contributed by atoms with van der Waals surface area (Å²) in [5.41, 5.74) is 0. The van der Waals surface area contributed by atoms with Crippen molar-refractivity contribution in [1.82, 2.24) is 0 Å². The first-order valence-corrected chi connectivity index (χ1v) is 2.90. The van der Waals surface area contributed by atoms with Gasteiger partial charge in [-0.2, -0.15) is 0 Å². The van der Waals surface area contributed by atoms with Gasteiger partial charge in [0.1, 0.15) is 11.5 Å². The minimum Gasteiger partial charge on any atom is -0.565 e. The Labute approximate surface area is 96.6 Å². The average molecular weight is 194 g/mol. The number of rotatable bonds is 0. The molecular weight excluding hydrogens is 187 g/mol. The van der Waals surface area contributed by atoms with E-state index in [0.29, 0.717) is 0 Å². The van der Waals surface area contributed by atoms with Crippen LogP contribution in [0.4, 0.5) is 4.79 Å². The summed E-state index contributed by atoms with van der Waals surface area (Å²) < 4.78 is 0. The van der Waals surface area contributed by atoms with Crippen molar-refractivity contribution >= 4 is 6.16 Å². The zero-order chi connectivity index (χ0) is 9.56. The molecule has 1 rings (SSSR count). The number of phenolic OH excluding ortho intramolecular Hbond substituents is 2. The number of benzene rings is 1. The van der Waals surface area contributed by atoms with E-state index < -0.39 is 6.16 Å². The van der Waals surface area contributed by atoms with E-state index in [-0.39, 0.29) is 41.1 Å². The molecule has 66 valence electrons. The van der Waals surface area contributed by atoms with E-state index in [9.17, 15) is 0 Å². The third-order valence-electron chi connectivity index (χ3n) is 0.850. The summed E-state index contributed by atoms with van der Waals surface area (Å²) in [6.07, 6.45) is -2.08. The molecule has 5 nitrogen and oxygen atoms in total. The summed E-state index contributed by atoms with van der Waals surface area (Å²) in [6.45, 7) is 0. The van der Waals surface area contributed by atoms with E-state index in [2.05, 4.69) is 0 Å². The summed E-state index contributed by atoms with van der Waals surface area (Å²) in [6, 6.07) is 5.70. The fourth-order valence-corrected chi connectivity index (χ4v) is 0.453. The number of carbonyl (C=O) groups is 1. The van der Waals surface area contributed by atoms with E-state index in [0.717, 1.165) is 0 Å². The predicted octanol–water partition coefficient (Wildman–Crippen LogP) is -3.01. The molecule has 0 bridgehead atoms. The van der Waals surface area contributed by atoms with Crippen LogP contribution in [0.1, 0.15) is 0 Å². The van der Waals surface area contributed by atoms with Crippen LogP contribution in [0.5, 0.6) is 11.5 Å². The molecule has 0 aliphatic rings. The van der Waals surface area contributed by atoms with Gasteiger partial charge in [-0.25, -0.2) is 0 Å². The summed E-state index contributed by atoms with van der Waals surface area (Å²) in [5.74, 6) is 0.339. The van der Waals surface area contributed by atoms with Gasteiger partial charge in [0, 0.05) is 0 Å². The van der Waals surface area contributed by atoms with Crippen LogP contribution in [0.3, 0.4) is 0 Å². The Kier molecular flexibility index (Phi) is 8.68. The molecule has 0 unspecified atom stereocenters. The normalized spacial score (nSPS) is 7.38. The Morgan fingerprint density at radius 3 is 1.38 bits per heavy atom. The number of carboxylic acid groups (broad SMARTS) is 2. The summed E-state index contributed by atoms with van der Waals surface area (Å²) in [5, 5.41) is 32.6. The van der Waals surface area contributed by atoms with Gasteiger partial charge < -0.3 is 25.2 Å². The molecule has 1 aromatic rings. The monoisotopic (exact) mass is 194 g/mol. The van der Waals surface area contributed by atoms with Crippen molar-refractivity contribution in [2.75, 3.05) is 0 Å². The molecule has 6 heteroatoms. The molecule has 0 aromatic heterocycles. The Morgan fingerprint density at radius 2 is 1.23 bits per heavy atom. The van der Waals surface area contributed by atoms with Crippen molar-refractivity contribution in [3.63, 3.8) is 0 Å². The summed E-state index contributed by atoms with van der Waals surface area (Å²) >= 11 is 0. The van der Waals surface area contributed by atoms with Gasteiger partial charge in [-0.3, -0.25) is 0 Å². The van der Waals surface area contributed by atoms with Crippen LogP contribution in [0.15, 0.2) is 24.3 Å². The van der Waals surface area contributed by atoms with E-state index in [1.165, 1.54) is 24.3 Å². The first-order chi connectivity index (χ1) is 5.52. The zero-order valence-corrected chi connectivity index (χ0v) is 8.97. The fourth-order valence-electron chi connectivity index (χ4n) is 0.453. The smallest absolute Gasteiger partial charge is 0.565 e. The van der Waals surface area contributed by atoms with Crippen LogP contribution >= 0.6 is 0 Å². The van der Waals surface area contributed by atoms with Crippen molar-refractivity contribution in [1.29, 1.82) is 0 Å². The Balaban J connectivity index is 0. The maximum Gasteiger partial charge on any atom is 1.00 e. The van der Waals surface area contributed by atoms with E-state index in [1.807, 2.05) is 0 Å². The molecule has 3 N–H and O–H groups in total. The molecule has 0 aliphatic carbocycles. The largest absolute Gasteiger partial charge is 1.00 e. The molecule has 13 heavy (non-hydrogen) atoms. The van der Waals surface area contributed by atoms with Gasteiger partial charge >= 0.3 is 29.6 Å². The maximum absolute atomic E-state index is 8.65. The van der Waals surface area contributed by atoms with Gasteiger partial charge in [0.15, 0.2) is 0 Å². The molecule has 0 atom stereocenters. The van der Waals surface area contributed by atoms with E-state index >= 15 is 0 Å². The van der Waals surface area contributed by atoms with Crippen LogP contribution < -0.4 is 34.7 Å². The topological polar surface area (TPSA) is 101 Å². The second kappa shape index (κ2) is 7.72. The number of phenols is 2. The van der Waals surface area contributed by atoms with Crippen molar-refractivity contribution in [3.8, 4) is 11.5 Å². The number of hydrogen-bond donors (Lipinski definition) is 3. The first-order valence-electron chi connectivity index (χ1n) is 2.90. The SMILES string of the molecule is O=C([O-])O.Oc1ccc(O)cc1.[Na+]. The minimum absolute atomic E-state index is 0. The van der Waals surface area contributed by atoms with Crippen LogP contribution in [-0.4, -0.2) is 21.5 Å². The van der Waals surface area contributed by atoms with Crippen LogP contribution in [-0.2, 0) is 0 Å². The molecule has 0 amide bonds. The van der Waals surface area contributed by atoms with Gasteiger partial charge in [0.25, 0.3) is 0 Å². The molecule has 1 aromatic carbocycles. The second-order valence-electron chi connectivity index (χ2n) is 1.78. The first kappa shape index (κ1) is 14.6. The van der Waals surface area contributed by atoms with Crippen molar-refractivity contribution in [2.24, 2.45) is 0 Å². The Bertz CT molecular complexity index is 221. The molecule has 0 saturated heterocycles. The molecule has 0 aliphatic heterocycles. The minimum atomic E-state index is -2.08. The summed E-state index contributed by atoms with van der Waals surface area (Å²) in [4.78, 5) is 8.44. The van der Waals surface area contributed by atoms with Gasteiger partial charge in [0.2, 0.25) is 6.16 Å². The number of aromatic hydroxyl groups is 2. The number of hydrogen-bond acceptors (Lipinski definition) is 4. The van der Waals surface area contributed by atoms with Crippen LogP contribution in [0.25, 0.3) is 0 Å².